The number of aromatic amines is 1. The van der Waals surface area contributed by atoms with Gasteiger partial charge in [-0.3, -0.25) is 14.9 Å². The van der Waals surface area contributed by atoms with Crippen LogP contribution in [0.5, 0.6) is 0 Å². The third kappa shape index (κ3) is 4.79. The molecule has 2 heterocycles. The lowest BCUT2D eigenvalue weighted by atomic mass is 10.1. The fourth-order valence-corrected chi connectivity index (χ4v) is 4.21. The maximum absolute atomic E-state index is 12.6. The van der Waals surface area contributed by atoms with Crippen LogP contribution in [-0.2, 0) is 14.8 Å². The number of aliphatic hydroxyl groups is 1. The highest BCUT2D eigenvalue weighted by atomic mass is 32.2. The second-order valence-electron chi connectivity index (χ2n) is 6.34. The first-order chi connectivity index (χ1) is 13.8. The Balaban J connectivity index is 1.60. The monoisotopic (exact) mass is 424 g/mol. The summed E-state index contributed by atoms with van der Waals surface area (Å²) in [6.07, 6.45) is 0.165. The normalized spacial score (nSPS) is 16.3. The van der Waals surface area contributed by atoms with Gasteiger partial charge < -0.3 is 20.1 Å². The number of carbonyl (C=O) groups is 1. The first-order valence-electron chi connectivity index (χ1n) is 8.76. The molecule has 1 aromatic heterocycles. The molecule has 1 atom stereocenters. The number of nitro benzene ring substituents is 1. The molecule has 1 aromatic carbocycles. The molecule has 0 radical (unpaired) electrons. The van der Waals surface area contributed by atoms with Gasteiger partial charge in [0, 0.05) is 38.0 Å². The molecule has 0 aliphatic carbocycles. The van der Waals surface area contributed by atoms with Crippen molar-refractivity contribution in [1.82, 2.24) is 14.6 Å². The average Bonchev–Trinajstić information content (AvgIpc) is 3.24. The van der Waals surface area contributed by atoms with Gasteiger partial charge in [0.15, 0.2) is 0 Å². The van der Waals surface area contributed by atoms with E-state index in [-0.39, 0.29) is 35.9 Å². The summed E-state index contributed by atoms with van der Waals surface area (Å²) in [5, 5.41) is 23.3. The molecule has 1 fully saturated rings. The van der Waals surface area contributed by atoms with Crippen LogP contribution in [0.2, 0.25) is 0 Å². The number of H-pyrrole nitrogens is 1. The Labute approximate surface area is 166 Å². The molecule has 0 bridgehead atoms. The van der Waals surface area contributed by atoms with Crippen molar-refractivity contribution in [2.24, 2.45) is 0 Å². The summed E-state index contributed by atoms with van der Waals surface area (Å²) in [5.74, 6) is -0.589. The highest BCUT2D eigenvalue weighted by Crippen LogP contribution is 2.19. The minimum absolute atomic E-state index is 0.0273. The van der Waals surface area contributed by atoms with Gasteiger partial charge >= 0.3 is 0 Å². The van der Waals surface area contributed by atoms with Gasteiger partial charge in [-0.1, -0.05) is 0 Å². The Morgan fingerprint density at radius 1 is 1.31 bits per heavy atom. The number of nitro groups is 1. The third-order valence-electron chi connectivity index (χ3n) is 4.45. The van der Waals surface area contributed by atoms with Crippen LogP contribution < -0.4 is 5.32 Å². The molecule has 11 nitrogen and oxygen atoms in total. The number of sulfonamides is 1. The summed E-state index contributed by atoms with van der Waals surface area (Å²) in [6, 6.07) is 6.55. The lowest BCUT2D eigenvalue weighted by Gasteiger charge is -2.25. The quantitative estimate of drug-likeness (QED) is 0.429. The Hall–Kier alpha value is -2.80. The number of benzene rings is 1. The van der Waals surface area contributed by atoms with E-state index in [1.165, 1.54) is 40.8 Å². The van der Waals surface area contributed by atoms with Crippen molar-refractivity contribution in [1.29, 1.82) is 0 Å². The number of non-ortho nitro benzene ring substituents is 1. The van der Waals surface area contributed by atoms with Gasteiger partial charge in [0.05, 0.1) is 24.2 Å². The SMILES string of the molecule is O=C(NCC(O)c1ccc([N+](=O)[O-])cc1)c1cc(S(=O)(=O)N2CCOCC2)c[nH]1. The van der Waals surface area contributed by atoms with Crippen molar-refractivity contribution < 1.29 is 28.0 Å². The number of hydrogen-bond acceptors (Lipinski definition) is 7. The largest absolute Gasteiger partial charge is 0.387 e. The van der Waals surface area contributed by atoms with Crippen molar-refractivity contribution in [3.05, 3.63) is 57.9 Å². The average molecular weight is 424 g/mol. The van der Waals surface area contributed by atoms with E-state index in [2.05, 4.69) is 10.3 Å². The van der Waals surface area contributed by atoms with Crippen LogP contribution in [0.4, 0.5) is 5.69 Å². The minimum atomic E-state index is -3.72. The minimum Gasteiger partial charge on any atom is -0.387 e. The summed E-state index contributed by atoms with van der Waals surface area (Å²) < 4.78 is 31.6. The zero-order chi connectivity index (χ0) is 21.0. The molecule has 1 amide bonds. The van der Waals surface area contributed by atoms with Gasteiger partial charge in [-0.2, -0.15) is 4.31 Å². The molecular weight excluding hydrogens is 404 g/mol. The van der Waals surface area contributed by atoms with Gasteiger partial charge in [0.25, 0.3) is 11.6 Å². The second-order valence-corrected chi connectivity index (χ2v) is 8.28. The first kappa shape index (κ1) is 20.9. The number of carbonyl (C=O) groups excluding carboxylic acids is 1. The van der Waals surface area contributed by atoms with Crippen molar-refractivity contribution >= 4 is 21.6 Å². The zero-order valence-electron chi connectivity index (χ0n) is 15.3. The maximum Gasteiger partial charge on any atom is 0.269 e. The lowest BCUT2D eigenvalue weighted by molar-refractivity contribution is -0.384. The molecule has 3 rings (SSSR count). The van der Waals surface area contributed by atoms with E-state index in [0.29, 0.717) is 18.8 Å². The van der Waals surface area contributed by atoms with Crippen LogP contribution in [0.3, 0.4) is 0 Å². The summed E-state index contributed by atoms with van der Waals surface area (Å²) in [6.45, 7) is 0.975. The lowest BCUT2D eigenvalue weighted by Crippen LogP contribution is -2.40. The van der Waals surface area contributed by atoms with E-state index in [9.17, 15) is 28.4 Å². The molecule has 3 N–H and O–H groups in total. The van der Waals surface area contributed by atoms with Crippen LogP contribution in [0.1, 0.15) is 22.2 Å². The van der Waals surface area contributed by atoms with E-state index in [1.807, 2.05) is 0 Å². The molecule has 29 heavy (non-hydrogen) atoms. The van der Waals surface area contributed by atoms with Crippen molar-refractivity contribution in [2.45, 2.75) is 11.0 Å². The van der Waals surface area contributed by atoms with Crippen LogP contribution >= 0.6 is 0 Å². The van der Waals surface area contributed by atoms with E-state index in [4.69, 9.17) is 4.74 Å². The fraction of sp³-hybridized carbons (Fsp3) is 0.353. The molecule has 12 heteroatoms. The summed E-state index contributed by atoms with van der Waals surface area (Å²) in [4.78, 5) is 25.0. The second kappa shape index (κ2) is 8.69. The molecule has 1 unspecified atom stereocenters. The standard InChI is InChI=1S/C17H20N4O7S/c22-16(12-1-3-13(4-2-12)21(24)25)11-19-17(23)15-9-14(10-18-15)29(26,27)20-5-7-28-8-6-20/h1-4,9-10,16,18,22H,5-8,11H2,(H,19,23). The molecule has 2 aromatic rings. The predicted molar refractivity (Wildman–Crippen MR) is 101 cm³/mol. The molecule has 0 saturated carbocycles. The number of amides is 1. The molecule has 1 aliphatic heterocycles. The Bertz CT molecular complexity index is 981. The number of nitrogens with zero attached hydrogens (tertiary/aromatic N) is 2. The molecule has 1 saturated heterocycles. The summed E-state index contributed by atoms with van der Waals surface area (Å²) in [5.41, 5.74) is 0.330. The predicted octanol–water partition coefficient (Wildman–Crippen LogP) is 0.407. The maximum atomic E-state index is 12.6. The van der Waals surface area contributed by atoms with Crippen LogP contribution in [0, 0.1) is 10.1 Å². The van der Waals surface area contributed by atoms with E-state index in [0.717, 1.165) is 0 Å². The Morgan fingerprint density at radius 3 is 2.59 bits per heavy atom. The number of aliphatic hydroxyl groups excluding tert-OH is 1. The van der Waals surface area contributed by atoms with E-state index < -0.39 is 27.0 Å². The smallest absolute Gasteiger partial charge is 0.269 e. The summed E-state index contributed by atoms with van der Waals surface area (Å²) in [7, 11) is -3.72. The molecule has 156 valence electrons. The molecular formula is C17H20N4O7S. The third-order valence-corrected chi connectivity index (χ3v) is 6.33. The number of ether oxygens (including phenoxy) is 1. The number of hydrogen-bond donors (Lipinski definition) is 3. The van der Waals surface area contributed by atoms with E-state index >= 15 is 0 Å². The van der Waals surface area contributed by atoms with Crippen LogP contribution in [0.25, 0.3) is 0 Å². The zero-order valence-corrected chi connectivity index (χ0v) is 16.1. The van der Waals surface area contributed by atoms with Crippen molar-refractivity contribution in [2.75, 3.05) is 32.8 Å². The Kier molecular flexibility index (Phi) is 6.27. The Morgan fingerprint density at radius 2 is 1.97 bits per heavy atom. The van der Waals surface area contributed by atoms with Gasteiger partial charge in [-0.25, -0.2) is 8.42 Å². The van der Waals surface area contributed by atoms with Gasteiger partial charge in [-0.05, 0) is 23.8 Å². The fourth-order valence-electron chi connectivity index (χ4n) is 2.81. The molecule has 0 spiro atoms. The van der Waals surface area contributed by atoms with E-state index in [1.54, 1.807) is 0 Å². The van der Waals surface area contributed by atoms with Gasteiger partial charge in [0.1, 0.15) is 10.6 Å². The number of nitrogens with one attached hydrogen (secondary N) is 2. The first-order valence-corrected chi connectivity index (χ1v) is 10.2. The molecule has 1 aliphatic rings. The number of morpholine rings is 1. The van der Waals surface area contributed by atoms with Gasteiger partial charge in [-0.15, -0.1) is 0 Å². The summed E-state index contributed by atoms with van der Waals surface area (Å²) >= 11 is 0. The van der Waals surface area contributed by atoms with Gasteiger partial charge in [0.2, 0.25) is 10.0 Å². The highest BCUT2D eigenvalue weighted by molar-refractivity contribution is 7.89. The van der Waals surface area contributed by atoms with Crippen molar-refractivity contribution in [3.63, 3.8) is 0 Å². The van der Waals surface area contributed by atoms with Crippen LogP contribution in [-0.4, -0.2) is 66.5 Å². The van der Waals surface area contributed by atoms with Crippen LogP contribution in [0.15, 0.2) is 41.4 Å². The topological polar surface area (TPSA) is 155 Å². The number of aromatic nitrogens is 1. The highest BCUT2D eigenvalue weighted by Gasteiger charge is 2.28. The number of rotatable bonds is 7. The van der Waals surface area contributed by atoms with Crippen molar-refractivity contribution in [3.8, 4) is 0 Å².